The van der Waals surface area contributed by atoms with Crippen molar-refractivity contribution >= 4 is 8.80 Å². The average Bonchev–Trinajstić information content (AvgIpc) is 2.30. The van der Waals surface area contributed by atoms with Crippen LogP contribution in [0.1, 0.15) is 40.5 Å². The highest BCUT2D eigenvalue weighted by Crippen LogP contribution is 2.19. The molecule has 0 amide bonds. The summed E-state index contributed by atoms with van der Waals surface area (Å²) < 4.78 is 22.6. The molecule has 0 fully saturated rings. The van der Waals surface area contributed by atoms with Crippen LogP contribution < -0.4 is 0 Å². The third-order valence-electron chi connectivity index (χ3n) is 2.32. The molecule has 0 heterocycles. The van der Waals surface area contributed by atoms with Gasteiger partial charge in [-0.25, -0.2) is 0 Å². The fraction of sp³-hybridized carbons (Fsp3) is 1.00. The van der Waals surface area contributed by atoms with Gasteiger partial charge in [-0.15, -0.1) is 0 Å². The van der Waals surface area contributed by atoms with Gasteiger partial charge in [-0.05, 0) is 40.5 Å². The molecule has 5 heteroatoms. The van der Waals surface area contributed by atoms with Gasteiger partial charge in [0.05, 0.1) is 0 Å². The van der Waals surface area contributed by atoms with Gasteiger partial charge in [0, 0.05) is 39.1 Å². The predicted molar refractivity (Wildman–Crippen MR) is 71.2 cm³/mol. The molecule has 17 heavy (non-hydrogen) atoms. The SMILES string of the molecule is CCOCCCC[Si](OCC)(OCC)OCC. The molecule has 104 valence electrons. The number of hydrogen-bond acceptors (Lipinski definition) is 4. The van der Waals surface area contributed by atoms with E-state index < -0.39 is 8.80 Å². The lowest BCUT2D eigenvalue weighted by Gasteiger charge is -2.28. The van der Waals surface area contributed by atoms with E-state index in [1.54, 1.807) is 0 Å². The molecule has 0 spiro atoms. The van der Waals surface area contributed by atoms with Crippen LogP contribution in [0.3, 0.4) is 0 Å². The Morgan fingerprint density at radius 1 is 0.706 bits per heavy atom. The fourth-order valence-corrected chi connectivity index (χ4v) is 4.38. The van der Waals surface area contributed by atoms with Crippen molar-refractivity contribution in [3.8, 4) is 0 Å². The zero-order valence-electron chi connectivity index (χ0n) is 11.8. The summed E-state index contributed by atoms with van der Waals surface area (Å²) in [6.07, 6.45) is 2.07. The van der Waals surface area contributed by atoms with Gasteiger partial charge in [-0.1, -0.05) is 0 Å². The Hall–Kier alpha value is 0.0569. The van der Waals surface area contributed by atoms with Gasteiger partial charge >= 0.3 is 8.80 Å². The summed E-state index contributed by atoms with van der Waals surface area (Å²) in [5, 5.41) is 0. The van der Waals surface area contributed by atoms with Crippen LogP contribution in [0.4, 0.5) is 0 Å². The van der Waals surface area contributed by atoms with Gasteiger partial charge < -0.3 is 18.0 Å². The monoisotopic (exact) mass is 264 g/mol. The first-order valence-electron chi connectivity index (χ1n) is 6.74. The highest BCUT2D eigenvalue weighted by molar-refractivity contribution is 6.60. The molecule has 0 aromatic carbocycles. The van der Waals surface area contributed by atoms with Gasteiger partial charge in [0.1, 0.15) is 0 Å². The first-order valence-corrected chi connectivity index (χ1v) is 8.67. The van der Waals surface area contributed by atoms with Gasteiger partial charge in [0.15, 0.2) is 0 Å². The number of hydrogen-bond donors (Lipinski definition) is 0. The third-order valence-corrected chi connectivity index (χ3v) is 5.47. The molecule has 0 aliphatic carbocycles. The topological polar surface area (TPSA) is 36.9 Å². The van der Waals surface area contributed by atoms with Gasteiger partial charge in [0.25, 0.3) is 0 Å². The highest BCUT2D eigenvalue weighted by Gasteiger charge is 2.39. The minimum Gasteiger partial charge on any atom is -0.382 e. The first kappa shape index (κ1) is 17.1. The Labute approximate surface area is 107 Å². The average molecular weight is 264 g/mol. The lowest BCUT2D eigenvalue weighted by atomic mass is 10.4. The molecule has 0 atom stereocenters. The summed E-state index contributed by atoms with van der Waals surface area (Å²) in [4.78, 5) is 0. The molecule has 0 aliphatic heterocycles. The van der Waals surface area contributed by atoms with E-state index >= 15 is 0 Å². The van der Waals surface area contributed by atoms with Crippen LogP contribution in [0.15, 0.2) is 0 Å². The Morgan fingerprint density at radius 2 is 1.24 bits per heavy atom. The van der Waals surface area contributed by atoms with Crippen LogP contribution in [-0.2, 0) is 18.0 Å². The normalized spacial score (nSPS) is 12.0. The van der Waals surface area contributed by atoms with Crippen molar-refractivity contribution in [1.29, 1.82) is 0 Å². The maximum absolute atomic E-state index is 5.77. The third kappa shape index (κ3) is 7.89. The Balaban J connectivity index is 4.05. The Morgan fingerprint density at radius 3 is 1.65 bits per heavy atom. The molecule has 0 bridgehead atoms. The lowest BCUT2D eigenvalue weighted by Crippen LogP contribution is -2.45. The smallest absolute Gasteiger partial charge is 0.382 e. The maximum Gasteiger partial charge on any atom is 0.500 e. The van der Waals surface area contributed by atoms with E-state index in [9.17, 15) is 0 Å². The number of rotatable bonds is 12. The molecule has 0 aromatic rings. The van der Waals surface area contributed by atoms with Crippen molar-refractivity contribution in [3.05, 3.63) is 0 Å². The summed E-state index contributed by atoms with van der Waals surface area (Å²) >= 11 is 0. The molecule has 0 aliphatic rings. The van der Waals surface area contributed by atoms with Crippen LogP contribution in [0, 0.1) is 0 Å². The molecule has 0 aromatic heterocycles. The maximum atomic E-state index is 5.77. The van der Waals surface area contributed by atoms with Crippen LogP contribution >= 0.6 is 0 Å². The van der Waals surface area contributed by atoms with Gasteiger partial charge in [-0.2, -0.15) is 0 Å². The molecule has 0 unspecified atom stereocenters. The molecule has 4 nitrogen and oxygen atoms in total. The van der Waals surface area contributed by atoms with E-state index in [-0.39, 0.29) is 0 Å². The van der Waals surface area contributed by atoms with E-state index in [2.05, 4.69) is 0 Å². The van der Waals surface area contributed by atoms with Crippen LogP contribution in [-0.4, -0.2) is 41.8 Å². The van der Waals surface area contributed by atoms with Crippen LogP contribution in [0.2, 0.25) is 6.04 Å². The minimum atomic E-state index is -2.41. The summed E-state index contributed by atoms with van der Waals surface area (Å²) in [6, 6.07) is 0.885. The summed E-state index contributed by atoms with van der Waals surface area (Å²) in [6.45, 7) is 11.5. The Kier molecular flexibility index (Phi) is 11.2. The van der Waals surface area contributed by atoms with E-state index in [1.807, 2.05) is 27.7 Å². The quantitative estimate of drug-likeness (QED) is 0.401. The molecule has 0 N–H and O–H groups in total. The van der Waals surface area contributed by atoms with Crippen molar-refractivity contribution in [2.45, 2.75) is 46.6 Å². The standard InChI is InChI=1S/C12H28O4Si/c1-5-13-11-9-10-12-17(14-6-2,15-7-3)16-8-4/h5-12H2,1-4H3. The van der Waals surface area contributed by atoms with E-state index in [4.69, 9.17) is 18.0 Å². The molecular formula is C12H28O4Si. The molecule has 0 saturated carbocycles. The fourth-order valence-electron chi connectivity index (χ4n) is 1.69. The van der Waals surface area contributed by atoms with Crippen molar-refractivity contribution in [2.24, 2.45) is 0 Å². The van der Waals surface area contributed by atoms with E-state index in [0.717, 1.165) is 32.1 Å². The number of unbranched alkanes of at least 4 members (excludes halogenated alkanes) is 1. The second-order valence-corrected chi connectivity index (χ2v) is 6.37. The van der Waals surface area contributed by atoms with Crippen molar-refractivity contribution in [3.63, 3.8) is 0 Å². The number of ether oxygens (including phenoxy) is 1. The molecule has 0 rings (SSSR count). The summed E-state index contributed by atoms with van der Waals surface area (Å²) in [5.74, 6) is 0. The summed E-state index contributed by atoms with van der Waals surface area (Å²) in [7, 11) is -2.41. The molecule has 0 saturated heterocycles. The minimum absolute atomic E-state index is 0.650. The lowest BCUT2D eigenvalue weighted by molar-refractivity contribution is 0.0695. The summed E-state index contributed by atoms with van der Waals surface area (Å²) in [5.41, 5.74) is 0. The van der Waals surface area contributed by atoms with E-state index in [0.29, 0.717) is 19.8 Å². The van der Waals surface area contributed by atoms with E-state index in [1.165, 1.54) is 0 Å². The molecular weight excluding hydrogens is 236 g/mol. The van der Waals surface area contributed by atoms with Gasteiger partial charge in [0.2, 0.25) is 0 Å². The van der Waals surface area contributed by atoms with Crippen molar-refractivity contribution in [2.75, 3.05) is 33.0 Å². The Bertz CT molecular complexity index is 150. The second kappa shape index (κ2) is 11.2. The second-order valence-electron chi connectivity index (χ2n) is 3.64. The van der Waals surface area contributed by atoms with Crippen LogP contribution in [0.25, 0.3) is 0 Å². The van der Waals surface area contributed by atoms with Gasteiger partial charge in [-0.3, -0.25) is 0 Å². The van der Waals surface area contributed by atoms with Crippen LogP contribution in [0.5, 0.6) is 0 Å². The largest absolute Gasteiger partial charge is 0.500 e. The zero-order valence-corrected chi connectivity index (χ0v) is 12.8. The zero-order chi connectivity index (χ0) is 13.0. The highest BCUT2D eigenvalue weighted by atomic mass is 28.4. The van der Waals surface area contributed by atoms with Crippen molar-refractivity contribution in [1.82, 2.24) is 0 Å². The predicted octanol–water partition coefficient (Wildman–Crippen LogP) is 2.85. The first-order chi connectivity index (χ1) is 8.24. The molecule has 0 radical (unpaired) electrons. The van der Waals surface area contributed by atoms with Crippen molar-refractivity contribution < 1.29 is 18.0 Å².